The molecular weight excluding hydrogens is 152 g/mol. The van der Waals surface area contributed by atoms with Gasteiger partial charge in [0.1, 0.15) is 0 Å². The molecule has 0 aromatic heterocycles. The van der Waals surface area contributed by atoms with E-state index in [1.54, 1.807) is 0 Å². The minimum absolute atomic E-state index is 0.141. The van der Waals surface area contributed by atoms with E-state index >= 15 is 0 Å². The number of hydrogen-bond acceptors (Lipinski definition) is 3. The number of rotatable bonds is 4. The standard InChI is InChI=1S/C6H14O3S/c1-5(2)3-6(7)4-10(8)9/h5-7H,3-4H2,1-2H3,(H,8,9)/p-1. The van der Waals surface area contributed by atoms with E-state index in [2.05, 4.69) is 0 Å². The molecule has 2 unspecified atom stereocenters. The topological polar surface area (TPSA) is 60.4 Å². The van der Waals surface area contributed by atoms with Crippen molar-refractivity contribution in [3.63, 3.8) is 0 Å². The van der Waals surface area contributed by atoms with Crippen LogP contribution in [0.25, 0.3) is 0 Å². The predicted molar refractivity (Wildman–Crippen MR) is 39.2 cm³/mol. The van der Waals surface area contributed by atoms with Gasteiger partial charge in [0.2, 0.25) is 0 Å². The molecule has 4 heteroatoms. The summed E-state index contributed by atoms with van der Waals surface area (Å²) in [4.78, 5) is 0. The molecule has 0 rings (SSSR count). The lowest BCUT2D eigenvalue weighted by Crippen LogP contribution is -2.18. The van der Waals surface area contributed by atoms with E-state index in [0.717, 1.165) is 0 Å². The van der Waals surface area contributed by atoms with Crippen LogP contribution in [0.2, 0.25) is 0 Å². The zero-order chi connectivity index (χ0) is 8.15. The summed E-state index contributed by atoms with van der Waals surface area (Å²) in [6.45, 7) is 3.88. The second-order valence-electron chi connectivity index (χ2n) is 2.75. The first-order valence-electron chi connectivity index (χ1n) is 3.26. The largest absolute Gasteiger partial charge is 0.772 e. The molecule has 0 bridgehead atoms. The Hall–Kier alpha value is 0.0700. The Morgan fingerprint density at radius 2 is 2.10 bits per heavy atom. The van der Waals surface area contributed by atoms with E-state index in [9.17, 15) is 8.76 Å². The molecule has 0 aliphatic carbocycles. The highest BCUT2D eigenvalue weighted by atomic mass is 32.2. The second kappa shape index (κ2) is 4.82. The van der Waals surface area contributed by atoms with E-state index in [-0.39, 0.29) is 5.75 Å². The van der Waals surface area contributed by atoms with Crippen molar-refractivity contribution in [1.29, 1.82) is 0 Å². The van der Waals surface area contributed by atoms with Gasteiger partial charge in [-0.1, -0.05) is 24.9 Å². The third-order valence-electron chi connectivity index (χ3n) is 1.07. The first-order chi connectivity index (χ1) is 4.52. The Balaban J connectivity index is 3.43. The molecule has 0 saturated heterocycles. The highest BCUT2D eigenvalue weighted by Crippen LogP contribution is 2.04. The SMILES string of the molecule is CC(C)CC(O)CS(=O)[O-]. The molecule has 0 aromatic carbocycles. The predicted octanol–water partition coefficient (Wildman–Crippen LogP) is 0.273. The maximum Gasteiger partial charge on any atom is 0.0646 e. The van der Waals surface area contributed by atoms with Gasteiger partial charge in [0.05, 0.1) is 6.10 Å². The van der Waals surface area contributed by atoms with Crippen molar-refractivity contribution in [2.75, 3.05) is 5.75 Å². The lowest BCUT2D eigenvalue weighted by atomic mass is 10.1. The van der Waals surface area contributed by atoms with Crippen LogP contribution in [-0.4, -0.2) is 25.7 Å². The first-order valence-corrected chi connectivity index (χ1v) is 4.50. The summed E-state index contributed by atoms with van der Waals surface area (Å²) in [5.74, 6) is 0.205. The van der Waals surface area contributed by atoms with Gasteiger partial charge in [0.25, 0.3) is 0 Å². The fourth-order valence-corrected chi connectivity index (χ4v) is 1.22. The Kier molecular flexibility index (Phi) is 4.85. The van der Waals surface area contributed by atoms with Crippen LogP contribution in [0.3, 0.4) is 0 Å². The molecule has 62 valence electrons. The average Bonchev–Trinajstić information content (AvgIpc) is 1.58. The minimum atomic E-state index is -2.11. The Morgan fingerprint density at radius 3 is 2.40 bits per heavy atom. The van der Waals surface area contributed by atoms with Crippen molar-refractivity contribution in [3.05, 3.63) is 0 Å². The van der Waals surface area contributed by atoms with Crippen molar-refractivity contribution in [3.8, 4) is 0 Å². The molecule has 2 atom stereocenters. The van der Waals surface area contributed by atoms with Crippen LogP contribution in [0.4, 0.5) is 0 Å². The zero-order valence-corrected chi connectivity index (χ0v) is 7.06. The average molecular weight is 165 g/mol. The van der Waals surface area contributed by atoms with E-state index in [0.29, 0.717) is 12.3 Å². The fraction of sp³-hybridized carbons (Fsp3) is 1.00. The summed E-state index contributed by atoms with van der Waals surface area (Å²) in [5.41, 5.74) is 0. The molecule has 0 aromatic rings. The van der Waals surface area contributed by atoms with Crippen LogP contribution in [0.5, 0.6) is 0 Å². The van der Waals surface area contributed by atoms with Gasteiger partial charge in [-0.2, -0.15) is 0 Å². The van der Waals surface area contributed by atoms with Gasteiger partial charge >= 0.3 is 0 Å². The first kappa shape index (κ1) is 10.1. The fourth-order valence-electron chi connectivity index (χ4n) is 0.769. The molecule has 0 aliphatic rings. The van der Waals surface area contributed by atoms with Crippen LogP contribution in [-0.2, 0) is 11.1 Å². The summed E-state index contributed by atoms with van der Waals surface area (Å²) >= 11 is -2.11. The maximum absolute atomic E-state index is 10.0. The lowest BCUT2D eigenvalue weighted by Gasteiger charge is -2.13. The van der Waals surface area contributed by atoms with Crippen molar-refractivity contribution in [2.24, 2.45) is 5.92 Å². The maximum atomic E-state index is 10.0. The summed E-state index contributed by atoms with van der Waals surface area (Å²) < 4.78 is 20.1. The van der Waals surface area contributed by atoms with Gasteiger partial charge in [-0.05, 0) is 12.3 Å². The Bertz CT molecular complexity index is 114. The van der Waals surface area contributed by atoms with Crippen LogP contribution in [0.15, 0.2) is 0 Å². The van der Waals surface area contributed by atoms with Gasteiger partial charge in [-0.3, -0.25) is 4.21 Å². The molecule has 10 heavy (non-hydrogen) atoms. The number of aliphatic hydroxyl groups excluding tert-OH is 1. The van der Waals surface area contributed by atoms with E-state index in [4.69, 9.17) is 5.11 Å². The van der Waals surface area contributed by atoms with E-state index < -0.39 is 17.2 Å². The van der Waals surface area contributed by atoms with Crippen LogP contribution in [0, 0.1) is 5.92 Å². The van der Waals surface area contributed by atoms with E-state index in [1.807, 2.05) is 13.8 Å². The molecule has 1 N–H and O–H groups in total. The molecule has 3 nitrogen and oxygen atoms in total. The van der Waals surface area contributed by atoms with Gasteiger partial charge in [0.15, 0.2) is 0 Å². The highest BCUT2D eigenvalue weighted by molar-refractivity contribution is 7.79. The van der Waals surface area contributed by atoms with E-state index in [1.165, 1.54) is 0 Å². The van der Waals surface area contributed by atoms with Gasteiger partial charge in [-0.25, -0.2) is 0 Å². The number of hydrogen-bond donors (Lipinski definition) is 1. The van der Waals surface area contributed by atoms with Gasteiger partial charge in [0, 0.05) is 5.75 Å². The van der Waals surface area contributed by atoms with Crippen LogP contribution in [0.1, 0.15) is 20.3 Å². The smallest absolute Gasteiger partial charge is 0.0646 e. The highest BCUT2D eigenvalue weighted by Gasteiger charge is 2.05. The monoisotopic (exact) mass is 165 g/mol. The lowest BCUT2D eigenvalue weighted by molar-refractivity contribution is 0.169. The molecule has 0 heterocycles. The quantitative estimate of drug-likeness (QED) is 0.608. The summed E-state index contributed by atoms with van der Waals surface area (Å²) in [6, 6.07) is 0. The van der Waals surface area contributed by atoms with Crippen molar-refractivity contribution in [1.82, 2.24) is 0 Å². The van der Waals surface area contributed by atoms with Gasteiger partial charge in [-0.15, -0.1) is 0 Å². The number of aliphatic hydroxyl groups is 1. The molecular formula is C6H13O3S-. The van der Waals surface area contributed by atoms with Crippen molar-refractivity contribution in [2.45, 2.75) is 26.4 Å². The van der Waals surface area contributed by atoms with Gasteiger partial charge < -0.3 is 9.66 Å². The molecule has 0 aliphatic heterocycles. The molecule has 0 spiro atoms. The minimum Gasteiger partial charge on any atom is -0.772 e. The summed E-state index contributed by atoms with van der Waals surface area (Å²) in [7, 11) is 0. The third-order valence-corrected chi connectivity index (χ3v) is 1.73. The Labute approximate surface area is 63.7 Å². The molecule has 0 radical (unpaired) electrons. The normalized spacial score (nSPS) is 17.3. The van der Waals surface area contributed by atoms with Crippen LogP contribution >= 0.6 is 0 Å². The zero-order valence-electron chi connectivity index (χ0n) is 6.24. The van der Waals surface area contributed by atoms with Crippen molar-refractivity contribution < 1.29 is 13.9 Å². The third kappa shape index (κ3) is 6.19. The summed E-state index contributed by atoms with van der Waals surface area (Å²) in [6.07, 6.45) is -0.146. The molecule has 0 amide bonds. The second-order valence-corrected chi connectivity index (χ2v) is 3.69. The molecule has 0 fully saturated rings. The summed E-state index contributed by atoms with van der Waals surface area (Å²) in [5, 5.41) is 9.00. The molecule has 0 saturated carbocycles. The van der Waals surface area contributed by atoms with Crippen molar-refractivity contribution >= 4 is 11.1 Å². The van der Waals surface area contributed by atoms with Crippen LogP contribution < -0.4 is 0 Å². The Morgan fingerprint density at radius 1 is 1.60 bits per heavy atom.